The molecule has 26 heavy (non-hydrogen) atoms. The Labute approximate surface area is 153 Å². The third-order valence-electron chi connectivity index (χ3n) is 3.94. The number of hydrogen-bond acceptors (Lipinski definition) is 5. The lowest BCUT2D eigenvalue weighted by Gasteiger charge is -2.21. The number of hydrogen-bond donors (Lipinski definition) is 1. The average molecular weight is 347 g/mol. The highest BCUT2D eigenvalue weighted by atomic mass is 16.2. The van der Waals surface area contributed by atoms with Gasteiger partial charge in [-0.3, -0.25) is 9.78 Å². The zero-order chi connectivity index (χ0) is 18.4. The molecule has 1 N–H and O–H groups in total. The van der Waals surface area contributed by atoms with Crippen molar-refractivity contribution in [2.45, 2.75) is 20.4 Å². The Bertz CT molecular complexity index is 882. The van der Waals surface area contributed by atoms with E-state index in [9.17, 15) is 4.79 Å². The highest BCUT2D eigenvalue weighted by Gasteiger charge is 2.18. The molecule has 1 amide bonds. The number of aryl methyl sites for hydroxylation is 1. The second-order valence-corrected chi connectivity index (χ2v) is 5.85. The number of pyridine rings is 1. The molecule has 0 atom stereocenters. The van der Waals surface area contributed by atoms with Gasteiger partial charge in [0.15, 0.2) is 0 Å². The maximum Gasteiger partial charge on any atom is 0.277 e. The molecule has 2 heterocycles. The van der Waals surface area contributed by atoms with Gasteiger partial charge in [0.1, 0.15) is 17.8 Å². The van der Waals surface area contributed by atoms with Gasteiger partial charge >= 0.3 is 0 Å². The lowest BCUT2D eigenvalue weighted by molar-refractivity contribution is 0.0983. The Morgan fingerprint density at radius 3 is 2.69 bits per heavy atom. The molecule has 0 aliphatic rings. The van der Waals surface area contributed by atoms with Crippen LogP contribution in [0.2, 0.25) is 0 Å². The van der Waals surface area contributed by atoms with Crippen LogP contribution in [0.3, 0.4) is 0 Å². The van der Waals surface area contributed by atoms with Gasteiger partial charge in [0.25, 0.3) is 5.91 Å². The van der Waals surface area contributed by atoms with Crippen LogP contribution in [0.1, 0.15) is 28.7 Å². The van der Waals surface area contributed by atoms with Gasteiger partial charge in [0, 0.05) is 24.5 Å². The third kappa shape index (κ3) is 4.22. The fourth-order valence-corrected chi connectivity index (χ4v) is 2.63. The molecule has 6 heteroatoms. The van der Waals surface area contributed by atoms with Crippen LogP contribution in [-0.4, -0.2) is 27.4 Å². The normalized spacial score (nSPS) is 10.4. The van der Waals surface area contributed by atoms with E-state index < -0.39 is 0 Å². The van der Waals surface area contributed by atoms with Crippen LogP contribution in [0.15, 0.2) is 61.1 Å². The van der Waals surface area contributed by atoms with Crippen LogP contribution in [0.5, 0.6) is 0 Å². The van der Waals surface area contributed by atoms with Gasteiger partial charge in [0.2, 0.25) is 0 Å². The molecular weight excluding hydrogens is 326 g/mol. The summed E-state index contributed by atoms with van der Waals surface area (Å²) in [6.07, 6.45) is 3.14. The van der Waals surface area contributed by atoms with Gasteiger partial charge in [-0.15, -0.1) is 0 Å². The molecule has 0 saturated heterocycles. The number of benzene rings is 1. The minimum Gasteiger partial charge on any atom is -0.364 e. The largest absolute Gasteiger partial charge is 0.364 e. The SMILES string of the molecule is CCN(C(=O)c1cc(NCc2ccccn2)ncn1)c1cccc(C)c1. The maximum atomic E-state index is 12.9. The quantitative estimate of drug-likeness (QED) is 0.739. The number of anilines is 2. The number of nitrogens with zero attached hydrogens (tertiary/aromatic N) is 4. The van der Waals surface area contributed by atoms with E-state index in [1.54, 1.807) is 17.2 Å². The van der Waals surface area contributed by atoms with Crippen LogP contribution in [0.4, 0.5) is 11.5 Å². The predicted molar refractivity (Wildman–Crippen MR) is 102 cm³/mol. The van der Waals surface area contributed by atoms with Gasteiger partial charge in [-0.2, -0.15) is 0 Å². The summed E-state index contributed by atoms with van der Waals surface area (Å²) in [7, 11) is 0. The molecule has 0 radical (unpaired) electrons. The van der Waals surface area contributed by atoms with Gasteiger partial charge in [-0.25, -0.2) is 9.97 Å². The van der Waals surface area contributed by atoms with E-state index in [1.165, 1.54) is 6.33 Å². The molecule has 0 bridgehead atoms. The minimum atomic E-state index is -0.151. The summed E-state index contributed by atoms with van der Waals surface area (Å²) in [5.41, 5.74) is 3.22. The van der Waals surface area contributed by atoms with E-state index in [2.05, 4.69) is 20.3 Å². The highest BCUT2D eigenvalue weighted by Crippen LogP contribution is 2.18. The molecule has 0 aliphatic carbocycles. The monoisotopic (exact) mass is 347 g/mol. The van der Waals surface area contributed by atoms with Crippen molar-refractivity contribution in [3.8, 4) is 0 Å². The topological polar surface area (TPSA) is 71.0 Å². The molecule has 1 aromatic carbocycles. The summed E-state index contributed by atoms with van der Waals surface area (Å²) in [4.78, 5) is 27.2. The van der Waals surface area contributed by atoms with Gasteiger partial charge in [-0.05, 0) is 43.7 Å². The van der Waals surface area contributed by atoms with Crippen molar-refractivity contribution in [3.05, 3.63) is 78.0 Å². The first-order chi connectivity index (χ1) is 12.7. The number of nitrogens with one attached hydrogen (secondary N) is 1. The summed E-state index contributed by atoms with van der Waals surface area (Å²) in [6, 6.07) is 15.3. The molecular formula is C20H21N5O. The van der Waals surface area contributed by atoms with E-state index in [0.29, 0.717) is 24.6 Å². The standard InChI is InChI=1S/C20H21N5O/c1-3-25(17-9-6-7-15(2)11-17)20(26)18-12-19(24-14-23-18)22-13-16-8-4-5-10-21-16/h4-12,14H,3,13H2,1-2H3,(H,22,23,24). The first-order valence-electron chi connectivity index (χ1n) is 8.51. The third-order valence-corrected chi connectivity index (χ3v) is 3.94. The molecule has 3 aromatic rings. The summed E-state index contributed by atoms with van der Waals surface area (Å²) in [6.45, 7) is 5.04. The summed E-state index contributed by atoms with van der Waals surface area (Å²) in [5.74, 6) is 0.440. The number of carbonyl (C=O) groups excluding carboxylic acids is 1. The van der Waals surface area contributed by atoms with E-state index in [-0.39, 0.29) is 5.91 Å². The summed E-state index contributed by atoms with van der Waals surface area (Å²) < 4.78 is 0. The molecule has 0 aliphatic heterocycles. The van der Waals surface area contributed by atoms with Crippen LogP contribution in [0.25, 0.3) is 0 Å². The Morgan fingerprint density at radius 2 is 1.96 bits per heavy atom. The fraction of sp³-hybridized carbons (Fsp3) is 0.200. The lowest BCUT2D eigenvalue weighted by atomic mass is 10.2. The van der Waals surface area contributed by atoms with E-state index in [4.69, 9.17) is 0 Å². The van der Waals surface area contributed by atoms with Crippen molar-refractivity contribution in [3.63, 3.8) is 0 Å². The lowest BCUT2D eigenvalue weighted by Crippen LogP contribution is -2.31. The molecule has 0 unspecified atom stereocenters. The maximum absolute atomic E-state index is 12.9. The van der Waals surface area contributed by atoms with Crippen molar-refractivity contribution < 1.29 is 4.79 Å². The van der Waals surface area contributed by atoms with Crippen molar-refractivity contribution >= 4 is 17.4 Å². The van der Waals surface area contributed by atoms with E-state index in [0.717, 1.165) is 16.9 Å². The fourth-order valence-electron chi connectivity index (χ4n) is 2.63. The highest BCUT2D eigenvalue weighted by molar-refractivity contribution is 6.05. The Hall–Kier alpha value is -3.28. The van der Waals surface area contributed by atoms with Crippen LogP contribution >= 0.6 is 0 Å². The van der Waals surface area contributed by atoms with Gasteiger partial charge < -0.3 is 10.2 Å². The number of carbonyl (C=O) groups is 1. The molecule has 0 saturated carbocycles. The Balaban J connectivity index is 1.76. The zero-order valence-corrected chi connectivity index (χ0v) is 14.9. The van der Waals surface area contributed by atoms with E-state index >= 15 is 0 Å². The zero-order valence-electron chi connectivity index (χ0n) is 14.9. The van der Waals surface area contributed by atoms with Crippen molar-refractivity contribution in [1.82, 2.24) is 15.0 Å². The Kier molecular flexibility index (Phi) is 5.53. The second-order valence-electron chi connectivity index (χ2n) is 5.85. The molecule has 132 valence electrons. The predicted octanol–water partition coefficient (Wildman–Crippen LogP) is 3.46. The van der Waals surface area contributed by atoms with Gasteiger partial charge in [-0.1, -0.05) is 18.2 Å². The molecule has 2 aromatic heterocycles. The second kappa shape index (κ2) is 8.20. The van der Waals surface area contributed by atoms with E-state index in [1.807, 2.05) is 56.3 Å². The van der Waals surface area contributed by atoms with Crippen LogP contribution in [0, 0.1) is 6.92 Å². The number of aromatic nitrogens is 3. The average Bonchev–Trinajstić information content (AvgIpc) is 2.68. The minimum absolute atomic E-state index is 0.151. The first kappa shape index (κ1) is 17.5. The first-order valence-corrected chi connectivity index (χ1v) is 8.51. The van der Waals surface area contributed by atoms with Gasteiger partial charge in [0.05, 0.1) is 12.2 Å². The van der Waals surface area contributed by atoms with Crippen LogP contribution < -0.4 is 10.2 Å². The molecule has 3 rings (SSSR count). The summed E-state index contributed by atoms with van der Waals surface area (Å²) >= 11 is 0. The van der Waals surface area contributed by atoms with Crippen LogP contribution in [-0.2, 0) is 6.54 Å². The Morgan fingerprint density at radius 1 is 1.08 bits per heavy atom. The summed E-state index contributed by atoms with van der Waals surface area (Å²) in [5, 5.41) is 3.18. The van der Waals surface area contributed by atoms with Crippen molar-refractivity contribution in [2.24, 2.45) is 0 Å². The molecule has 0 fully saturated rings. The molecule has 0 spiro atoms. The number of rotatable bonds is 6. The van der Waals surface area contributed by atoms with Crippen molar-refractivity contribution in [1.29, 1.82) is 0 Å². The van der Waals surface area contributed by atoms with Crippen molar-refractivity contribution in [2.75, 3.05) is 16.8 Å². The molecule has 6 nitrogen and oxygen atoms in total. The number of amides is 1. The smallest absolute Gasteiger partial charge is 0.277 e.